The number of carbonyl (C=O) groups is 4. The summed E-state index contributed by atoms with van der Waals surface area (Å²) in [6, 6.07) is 14.9. The number of hydrogen-bond donors (Lipinski definition) is 5. The van der Waals surface area contributed by atoms with Crippen molar-refractivity contribution in [3.05, 3.63) is 110 Å². The van der Waals surface area contributed by atoms with Crippen molar-refractivity contribution in [2.45, 2.75) is 65.2 Å². The molecule has 2 aliphatic rings. The molecule has 66 heavy (non-hydrogen) atoms. The Morgan fingerprint density at radius 3 is 2.38 bits per heavy atom. The number of aliphatic hydroxyl groups is 1. The van der Waals surface area contributed by atoms with Crippen molar-refractivity contribution < 1.29 is 44.0 Å². The Morgan fingerprint density at radius 2 is 1.70 bits per heavy atom. The average molecular weight is 899 g/mol. The number of amides is 4. The van der Waals surface area contributed by atoms with Crippen molar-refractivity contribution in [3.63, 3.8) is 0 Å². The lowest BCUT2D eigenvalue weighted by Crippen LogP contribution is -2.44. The highest BCUT2D eigenvalue weighted by molar-refractivity contribution is 6.23. The number of phenols is 2. The fourth-order valence-corrected chi connectivity index (χ4v) is 8.89. The number of pyridine rings is 2. The van der Waals surface area contributed by atoms with Crippen molar-refractivity contribution in [2.75, 3.05) is 32.1 Å². The molecule has 0 bridgehead atoms. The topological polar surface area (TPSA) is 247 Å². The summed E-state index contributed by atoms with van der Waals surface area (Å²) in [5.74, 6) is -1.96. The van der Waals surface area contributed by atoms with Crippen LogP contribution in [0.25, 0.3) is 33.2 Å². The molecule has 18 nitrogen and oxygen atoms in total. The minimum atomic E-state index is -1.94. The van der Waals surface area contributed by atoms with Gasteiger partial charge >= 0.3 is 18.1 Å². The second kappa shape index (κ2) is 16.7. The van der Waals surface area contributed by atoms with Gasteiger partial charge in [-0.2, -0.15) is 0 Å². The number of likely N-dealkylation sites (N-methyl/N-ethyl adjacent to an activating group) is 2. The molecule has 18 heteroatoms. The molecule has 0 radical (unpaired) electrons. The molecule has 8 rings (SSSR count). The number of esters is 1. The first-order valence-electron chi connectivity index (χ1n) is 21.4. The van der Waals surface area contributed by atoms with Gasteiger partial charge in [0.25, 0.3) is 11.5 Å². The number of primary amides is 1. The van der Waals surface area contributed by atoms with Crippen LogP contribution in [-0.4, -0.2) is 96.3 Å². The summed E-state index contributed by atoms with van der Waals surface area (Å²) < 4.78 is 14.3. The molecule has 0 saturated heterocycles. The first-order valence-corrected chi connectivity index (χ1v) is 21.4. The zero-order chi connectivity index (χ0) is 47.7. The number of cyclic esters (lactones) is 1. The molecule has 5 heterocycles. The summed E-state index contributed by atoms with van der Waals surface area (Å²) in [6.45, 7) is 7.58. The average Bonchev–Trinajstić information content (AvgIpc) is 3.82. The van der Waals surface area contributed by atoms with Gasteiger partial charge in [0.1, 0.15) is 35.4 Å². The zero-order valence-corrected chi connectivity index (χ0v) is 37.6. The lowest BCUT2D eigenvalue weighted by Gasteiger charge is -2.31. The number of fused-ring (bicyclic) bond motifs is 6. The number of nitrogens with two attached hydrogens (primary N) is 1. The number of anilines is 1. The molecule has 0 saturated carbocycles. The number of phenolic OH excluding ortho intramolecular Hbond substituents is 2. The van der Waals surface area contributed by atoms with Crippen LogP contribution in [-0.2, 0) is 41.8 Å². The number of hydrogen-bond acceptors (Lipinski definition) is 12. The van der Waals surface area contributed by atoms with Crippen LogP contribution in [0.2, 0.25) is 0 Å². The summed E-state index contributed by atoms with van der Waals surface area (Å²) in [6.07, 6.45) is -0.0517. The third-order valence-corrected chi connectivity index (χ3v) is 12.7. The van der Waals surface area contributed by atoms with Crippen LogP contribution in [0.15, 0.2) is 65.5 Å². The Bertz CT molecular complexity index is 3140. The maximum Gasteiger partial charge on any atom is 0.415 e. The lowest BCUT2D eigenvalue weighted by atomic mass is 9.86. The fraction of sp³-hybridized carbons (Fsp3) is 0.312. The Morgan fingerprint density at radius 1 is 0.970 bits per heavy atom. The van der Waals surface area contributed by atoms with Gasteiger partial charge in [-0.05, 0) is 84.5 Å². The molecule has 2 aliphatic heterocycles. The van der Waals surface area contributed by atoms with Gasteiger partial charge in [-0.15, -0.1) is 0 Å². The number of nitrogens with one attached hydrogen (secondary N) is 1. The highest BCUT2D eigenvalue weighted by Crippen LogP contribution is 2.41. The maximum absolute atomic E-state index is 13.8. The van der Waals surface area contributed by atoms with Crippen molar-refractivity contribution in [2.24, 2.45) is 12.8 Å². The number of nitrogens with zero attached hydrogens (tertiary/aromatic N) is 6. The number of benzene rings is 3. The zero-order valence-electron chi connectivity index (χ0n) is 37.6. The first kappa shape index (κ1) is 44.9. The van der Waals surface area contributed by atoms with E-state index >= 15 is 0 Å². The van der Waals surface area contributed by atoms with Crippen LogP contribution in [0.4, 0.5) is 15.3 Å². The standard InChI is InChI=1S/C48H50N8O10/c1-8-28-30-18-27(11-12-35(30)51-41-32(28)22-55-37(41)20-34-33(43(55)59)23-65-45(61)48(34,64)9-2)66-47(63)53(6)15-14-52(5)44(60)38-17-25-16-26(10-13-36(25)54(38)7)56(46(50)62)42(49)31-19-29(24(3)4)39(57)21-40(31)58/h10-13,16-21,24,49,57-58,64H,8-9,14-15,22-23H2,1-7H3,(H2,50,62). The van der Waals surface area contributed by atoms with Crippen LogP contribution in [0.5, 0.6) is 17.2 Å². The van der Waals surface area contributed by atoms with Crippen LogP contribution in [0, 0.1) is 5.41 Å². The van der Waals surface area contributed by atoms with E-state index in [1.54, 1.807) is 85.7 Å². The number of amidine groups is 1. The molecule has 1 atom stereocenters. The fourth-order valence-electron chi connectivity index (χ4n) is 8.89. The Kier molecular flexibility index (Phi) is 11.3. The quantitative estimate of drug-likeness (QED) is 0.0625. The second-order valence-corrected chi connectivity index (χ2v) is 17.0. The number of aromatic hydroxyl groups is 2. The highest BCUT2D eigenvalue weighted by Gasteiger charge is 2.45. The normalized spacial score (nSPS) is 15.0. The highest BCUT2D eigenvalue weighted by atomic mass is 16.6. The Hall–Kier alpha value is -7.73. The lowest BCUT2D eigenvalue weighted by molar-refractivity contribution is -0.172. The number of urea groups is 1. The van der Waals surface area contributed by atoms with E-state index in [4.69, 9.17) is 25.6 Å². The van der Waals surface area contributed by atoms with Crippen LogP contribution in [0.1, 0.15) is 83.9 Å². The molecule has 0 fully saturated rings. The van der Waals surface area contributed by atoms with E-state index < -0.39 is 35.3 Å². The molecular formula is C48H50N8O10. The first-order chi connectivity index (χ1) is 31.3. The molecule has 0 spiro atoms. The van der Waals surface area contributed by atoms with Gasteiger partial charge in [-0.1, -0.05) is 27.7 Å². The summed E-state index contributed by atoms with van der Waals surface area (Å²) in [4.78, 5) is 75.0. The Balaban J connectivity index is 0.959. The van der Waals surface area contributed by atoms with E-state index in [2.05, 4.69) is 0 Å². The van der Waals surface area contributed by atoms with Gasteiger partial charge in [0.05, 0.1) is 40.3 Å². The third-order valence-electron chi connectivity index (χ3n) is 12.7. The van der Waals surface area contributed by atoms with E-state index in [0.717, 1.165) is 27.5 Å². The van der Waals surface area contributed by atoms with E-state index in [1.807, 2.05) is 20.8 Å². The monoisotopic (exact) mass is 898 g/mol. The van der Waals surface area contributed by atoms with Crippen LogP contribution >= 0.6 is 0 Å². The third kappa shape index (κ3) is 7.32. The van der Waals surface area contributed by atoms with E-state index in [1.165, 1.54) is 15.9 Å². The van der Waals surface area contributed by atoms with Crippen molar-refractivity contribution in [1.82, 2.24) is 23.9 Å². The summed E-state index contributed by atoms with van der Waals surface area (Å²) >= 11 is 0. The van der Waals surface area contributed by atoms with Gasteiger partial charge in [-0.3, -0.25) is 15.0 Å². The largest absolute Gasteiger partial charge is 0.508 e. The summed E-state index contributed by atoms with van der Waals surface area (Å²) in [5.41, 5.74) is 8.99. The number of carbonyl (C=O) groups excluding carboxylic acids is 4. The smallest absolute Gasteiger partial charge is 0.415 e. The van der Waals surface area contributed by atoms with Crippen LogP contribution in [0.3, 0.4) is 0 Å². The van der Waals surface area contributed by atoms with E-state index in [-0.39, 0.29) is 83.9 Å². The number of aryl methyl sites for hydroxylation is 2. The SMILES string of the molecule is CCc1c2c(nc3ccc(OC(=O)N(C)CCN(C)C(=O)c4cc5cc(N(C(=N)c6cc(C(C)C)c(O)cc6O)C(N)=O)ccc5n4C)cc13)-c1cc3c(c(=O)n1C2)COC(=O)C3(O)CC. The van der Waals surface area contributed by atoms with Gasteiger partial charge in [0.2, 0.25) is 0 Å². The number of ether oxygens (including phenoxy) is 2. The molecular weight excluding hydrogens is 849 g/mol. The van der Waals surface area contributed by atoms with Gasteiger partial charge in [0, 0.05) is 67.7 Å². The molecule has 0 aliphatic carbocycles. The van der Waals surface area contributed by atoms with Crippen molar-refractivity contribution >= 4 is 57.3 Å². The Labute approximate surface area is 378 Å². The van der Waals surface area contributed by atoms with E-state index in [9.17, 15) is 39.3 Å². The van der Waals surface area contributed by atoms with Crippen molar-refractivity contribution in [3.8, 4) is 28.6 Å². The molecule has 4 amide bonds. The molecule has 342 valence electrons. The molecule has 3 aromatic heterocycles. The van der Waals surface area contributed by atoms with Gasteiger partial charge in [0.15, 0.2) is 5.60 Å². The van der Waals surface area contributed by atoms with Crippen molar-refractivity contribution in [1.29, 1.82) is 5.41 Å². The second-order valence-electron chi connectivity index (χ2n) is 17.0. The number of rotatable bonds is 10. The minimum absolute atomic E-state index is 0.00581. The summed E-state index contributed by atoms with van der Waals surface area (Å²) in [7, 11) is 4.88. The predicted molar refractivity (Wildman–Crippen MR) is 245 cm³/mol. The predicted octanol–water partition coefficient (Wildman–Crippen LogP) is 5.78. The van der Waals surface area contributed by atoms with E-state index in [0.29, 0.717) is 45.5 Å². The summed E-state index contributed by atoms with van der Waals surface area (Å²) in [5, 5.41) is 42.4. The molecule has 6 N–H and O–H groups in total. The molecule has 3 aromatic carbocycles. The molecule has 1 unspecified atom stereocenters. The molecule has 6 aromatic rings. The number of aromatic nitrogens is 3. The van der Waals surface area contributed by atoms with Crippen LogP contribution < -0.4 is 20.9 Å². The van der Waals surface area contributed by atoms with Gasteiger partial charge < -0.3 is 49.5 Å². The maximum atomic E-state index is 13.8. The van der Waals surface area contributed by atoms with Gasteiger partial charge in [-0.25, -0.2) is 24.3 Å². The minimum Gasteiger partial charge on any atom is -0.508 e.